The fraction of sp³-hybridized carbons (Fsp3) is 0.167. The fourth-order valence-corrected chi connectivity index (χ4v) is 1.57. The minimum absolute atomic E-state index is 0.209. The summed E-state index contributed by atoms with van der Waals surface area (Å²) in [6, 6.07) is 4.10. The topological polar surface area (TPSA) is 82.3 Å². The molecule has 0 aliphatic rings. The SMILES string of the molecule is COc1cc(F)ccc1Nc1ncnc(N)c1OC. The van der Waals surface area contributed by atoms with Crippen molar-refractivity contribution in [3.63, 3.8) is 0 Å². The Hall–Kier alpha value is -2.57. The van der Waals surface area contributed by atoms with E-state index in [0.29, 0.717) is 23.0 Å². The van der Waals surface area contributed by atoms with E-state index in [4.69, 9.17) is 15.2 Å². The Morgan fingerprint density at radius 2 is 2.00 bits per heavy atom. The predicted octanol–water partition coefficient (Wildman–Crippen LogP) is 1.96. The molecule has 0 spiro atoms. The third-order valence-corrected chi connectivity index (χ3v) is 2.45. The van der Waals surface area contributed by atoms with E-state index in [9.17, 15) is 4.39 Å². The molecule has 0 saturated heterocycles. The molecule has 0 fully saturated rings. The van der Waals surface area contributed by atoms with Crippen LogP contribution in [0.15, 0.2) is 24.5 Å². The van der Waals surface area contributed by atoms with Crippen LogP contribution < -0.4 is 20.5 Å². The van der Waals surface area contributed by atoms with E-state index < -0.39 is 5.82 Å². The number of benzene rings is 1. The molecule has 0 aliphatic heterocycles. The van der Waals surface area contributed by atoms with Gasteiger partial charge < -0.3 is 20.5 Å². The summed E-state index contributed by atoms with van der Waals surface area (Å²) in [7, 11) is 2.91. The van der Waals surface area contributed by atoms with Gasteiger partial charge in [0.1, 0.15) is 17.9 Å². The van der Waals surface area contributed by atoms with Crippen molar-refractivity contribution in [1.29, 1.82) is 0 Å². The first-order valence-electron chi connectivity index (χ1n) is 5.40. The van der Waals surface area contributed by atoms with Gasteiger partial charge in [-0.15, -0.1) is 0 Å². The summed E-state index contributed by atoms with van der Waals surface area (Å²) in [6.45, 7) is 0. The van der Waals surface area contributed by atoms with E-state index in [-0.39, 0.29) is 5.82 Å². The van der Waals surface area contributed by atoms with Crippen LogP contribution in [0, 0.1) is 5.82 Å². The lowest BCUT2D eigenvalue weighted by molar-refractivity contribution is 0.411. The summed E-state index contributed by atoms with van der Waals surface area (Å²) in [4.78, 5) is 7.85. The van der Waals surface area contributed by atoms with Crippen molar-refractivity contribution in [2.45, 2.75) is 0 Å². The molecule has 1 aromatic carbocycles. The second-order valence-corrected chi connectivity index (χ2v) is 3.61. The van der Waals surface area contributed by atoms with Gasteiger partial charge in [-0.3, -0.25) is 0 Å². The second-order valence-electron chi connectivity index (χ2n) is 3.61. The first-order chi connectivity index (χ1) is 9.15. The number of halogens is 1. The third kappa shape index (κ3) is 2.65. The standard InChI is InChI=1S/C12H13FN4O2/c1-18-9-5-7(13)3-4-8(9)17-12-10(19-2)11(14)15-6-16-12/h3-6H,1-2H3,(H3,14,15,16,17). The number of ether oxygens (including phenoxy) is 2. The van der Waals surface area contributed by atoms with Crippen molar-refractivity contribution in [2.75, 3.05) is 25.3 Å². The molecule has 19 heavy (non-hydrogen) atoms. The summed E-state index contributed by atoms with van der Waals surface area (Å²) in [5.74, 6) is 0.852. The number of hydrogen-bond donors (Lipinski definition) is 2. The highest BCUT2D eigenvalue weighted by Gasteiger charge is 2.12. The summed E-state index contributed by atoms with van der Waals surface area (Å²) < 4.78 is 23.3. The Bertz CT molecular complexity index is 592. The van der Waals surface area contributed by atoms with Gasteiger partial charge in [0.2, 0.25) is 5.75 Å². The molecule has 0 unspecified atom stereocenters. The Kier molecular flexibility index (Phi) is 3.65. The molecule has 6 nitrogen and oxygen atoms in total. The number of nitrogens with zero attached hydrogens (tertiary/aromatic N) is 2. The highest BCUT2D eigenvalue weighted by Crippen LogP contribution is 2.33. The van der Waals surface area contributed by atoms with Gasteiger partial charge in [0.25, 0.3) is 0 Å². The molecule has 2 rings (SSSR count). The Balaban J connectivity index is 2.39. The number of nitrogen functional groups attached to an aromatic ring is 1. The van der Waals surface area contributed by atoms with Gasteiger partial charge in [-0.1, -0.05) is 0 Å². The van der Waals surface area contributed by atoms with E-state index in [1.807, 2.05) is 0 Å². The number of aromatic nitrogens is 2. The number of rotatable bonds is 4. The average Bonchev–Trinajstić information content (AvgIpc) is 2.41. The minimum Gasteiger partial charge on any atom is -0.494 e. The van der Waals surface area contributed by atoms with Crippen LogP contribution in [0.4, 0.5) is 21.7 Å². The molecule has 7 heteroatoms. The number of hydrogen-bond acceptors (Lipinski definition) is 6. The number of nitrogens with one attached hydrogen (secondary N) is 1. The Morgan fingerprint density at radius 1 is 1.21 bits per heavy atom. The summed E-state index contributed by atoms with van der Waals surface area (Å²) in [6.07, 6.45) is 1.30. The summed E-state index contributed by atoms with van der Waals surface area (Å²) in [5, 5.41) is 2.96. The normalized spacial score (nSPS) is 10.1. The molecule has 1 heterocycles. The van der Waals surface area contributed by atoms with Gasteiger partial charge in [0, 0.05) is 6.07 Å². The highest BCUT2D eigenvalue weighted by molar-refractivity contribution is 5.71. The van der Waals surface area contributed by atoms with Crippen LogP contribution in [0.25, 0.3) is 0 Å². The van der Waals surface area contributed by atoms with Gasteiger partial charge in [-0.25, -0.2) is 14.4 Å². The van der Waals surface area contributed by atoms with Gasteiger partial charge in [0.05, 0.1) is 19.9 Å². The second kappa shape index (κ2) is 5.38. The van der Waals surface area contributed by atoms with Crippen LogP contribution in [-0.2, 0) is 0 Å². The maximum atomic E-state index is 13.1. The summed E-state index contributed by atoms with van der Waals surface area (Å²) in [5.41, 5.74) is 6.21. The van der Waals surface area contributed by atoms with Crippen molar-refractivity contribution in [3.8, 4) is 11.5 Å². The highest BCUT2D eigenvalue weighted by atomic mass is 19.1. The molecular weight excluding hydrogens is 251 g/mol. The van der Waals surface area contributed by atoms with E-state index in [2.05, 4.69) is 15.3 Å². The molecule has 0 atom stereocenters. The van der Waals surface area contributed by atoms with E-state index in [1.165, 1.54) is 38.7 Å². The van der Waals surface area contributed by atoms with E-state index >= 15 is 0 Å². The lowest BCUT2D eigenvalue weighted by Crippen LogP contribution is -2.03. The van der Waals surface area contributed by atoms with Crippen molar-refractivity contribution < 1.29 is 13.9 Å². The maximum Gasteiger partial charge on any atom is 0.204 e. The van der Waals surface area contributed by atoms with Crippen LogP contribution in [0.3, 0.4) is 0 Å². The molecule has 1 aromatic heterocycles. The lowest BCUT2D eigenvalue weighted by atomic mass is 10.2. The van der Waals surface area contributed by atoms with Crippen molar-refractivity contribution in [1.82, 2.24) is 9.97 Å². The van der Waals surface area contributed by atoms with Crippen LogP contribution in [0.5, 0.6) is 11.5 Å². The van der Waals surface area contributed by atoms with E-state index in [0.717, 1.165) is 0 Å². The molecule has 0 aliphatic carbocycles. The smallest absolute Gasteiger partial charge is 0.204 e. The maximum absolute atomic E-state index is 13.1. The lowest BCUT2D eigenvalue weighted by Gasteiger charge is -2.13. The number of nitrogens with two attached hydrogens (primary N) is 1. The molecule has 0 saturated carbocycles. The largest absolute Gasteiger partial charge is 0.494 e. The molecule has 0 bridgehead atoms. The van der Waals surface area contributed by atoms with Crippen LogP contribution >= 0.6 is 0 Å². The molecule has 100 valence electrons. The molecule has 0 amide bonds. The molecule has 0 radical (unpaired) electrons. The Labute approximate surface area is 109 Å². The summed E-state index contributed by atoms with van der Waals surface area (Å²) >= 11 is 0. The average molecular weight is 264 g/mol. The Morgan fingerprint density at radius 3 is 2.68 bits per heavy atom. The van der Waals surface area contributed by atoms with Crippen LogP contribution in [-0.4, -0.2) is 24.2 Å². The van der Waals surface area contributed by atoms with Crippen molar-refractivity contribution >= 4 is 17.3 Å². The van der Waals surface area contributed by atoms with Crippen LogP contribution in [0.2, 0.25) is 0 Å². The quantitative estimate of drug-likeness (QED) is 0.878. The number of methoxy groups -OCH3 is 2. The van der Waals surface area contributed by atoms with Gasteiger partial charge in [-0.2, -0.15) is 0 Å². The number of anilines is 3. The third-order valence-electron chi connectivity index (χ3n) is 2.45. The van der Waals surface area contributed by atoms with Crippen LogP contribution in [0.1, 0.15) is 0 Å². The first-order valence-corrected chi connectivity index (χ1v) is 5.40. The zero-order valence-corrected chi connectivity index (χ0v) is 10.5. The van der Waals surface area contributed by atoms with Crippen molar-refractivity contribution in [3.05, 3.63) is 30.3 Å². The van der Waals surface area contributed by atoms with Gasteiger partial charge >= 0.3 is 0 Å². The first kappa shape index (κ1) is 12.9. The molecular formula is C12H13FN4O2. The zero-order chi connectivity index (χ0) is 13.8. The van der Waals surface area contributed by atoms with Gasteiger partial charge in [0.15, 0.2) is 11.6 Å². The van der Waals surface area contributed by atoms with Gasteiger partial charge in [-0.05, 0) is 12.1 Å². The van der Waals surface area contributed by atoms with Crippen molar-refractivity contribution in [2.24, 2.45) is 0 Å². The van der Waals surface area contributed by atoms with E-state index in [1.54, 1.807) is 0 Å². The molecule has 3 N–H and O–H groups in total. The molecule has 2 aromatic rings. The monoisotopic (exact) mass is 264 g/mol. The minimum atomic E-state index is -0.392. The zero-order valence-electron chi connectivity index (χ0n) is 10.5. The fourth-order valence-electron chi connectivity index (χ4n) is 1.57. The predicted molar refractivity (Wildman–Crippen MR) is 69.2 cm³/mol.